The van der Waals surface area contributed by atoms with Crippen LogP contribution in [-0.2, 0) is 4.74 Å². The van der Waals surface area contributed by atoms with Crippen LogP contribution in [0.2, 0.25) is 0 Å². The van der Waals surface area contributed by atoms with E-state index in [2.05, 4.69) is 10.3 Å². The van der Waals surface area contributed by atoms with E-state index < -0.39 is 12.0 Å². The van der Waals surface area contributed by atoms with Gasteiger partial charge in [-0.15, -0.1) is 0 Å². The minimum absolute atomic E-state index is 0.00633. The van der Waals surface area contributed by atoms with Gasteiger partial charge in [-0.25, -0.2) is 9.59 Å². The number of hydrogen-bond acceptors (Lipinski definition) is 4. The number of hydrogen-bond donors (Lipinski definition) is 2. The molecule has 1 aliphatic carbocycles. The summed E-state index contributed by atoms with van der Waals surface area (Å²) in [5.74, 6) is -0.224. The number of amides is 2. The molecule has 2 amide bonds. The first kappa shape index (κ1) is 20.0. The van der Waals surface area contributed by atoms with Crippen molar-refractivity contribution < 1.29 is 19.1 Å². The fraction of sp³-hybridized carbons (Fsp3) is 0.632. The fourth-order valence-electron chi connectivity index (χ4n) is 3.10. The van der Waals surface area contributed by atoms with Gasteiger partial charge in [-0.2, -0.15) is 0 Å². The van der Waals surface area contributed by atoms with Gasteiger partial charge in [0.25, 0.3) is 0 Å². The molecular weight excluding hydrogens is 334 g/mol. The van der Waals surface area contributed by atoms with Crippen LogP contribution in [0.4, 0.5) is 4.79 Å². The molecule has 1 fully saturated rings. The molecule has 1 unspecified atom stereocenters. The third kappa shape index (κ3) is 4.26. The van der Waals surface area contributed by atoms with Gasteiger partial charge < -0.3 is 19.9 Å². The lowest BCUT2D eigenvalue weighted by molar-refractivity contribution is 0.0593. The van der Waals surface area contributed by atoms with Gasteiger partial charge in [-0.1, -0.05) is 0 Å². The van der Waals surface area contributed by atoms with Gasteiger partial charge >= 0.3 is 12.0 Å². The number of ketones is 1. The highest BCUT2D eigenvalue weighted by atomic mass is 16.5. The first-order valence-electron chi connectivity index (χ1n) is 9.06. The third-order valence-electron chi connectivity index (χ3n) is 4.75. The number of rotatable bonds is 7. The van der Waals surface area contributed by atoms with Crippen molar-refractivity contribution in [1.82, 2.24) is 15.2 Å². The van der Waals surface area contributed by atoms with E-state index >= 15 is 0 Å². The molecule has 7 heteroatoms. The van der Waals surface area contributed by atoms with Crippen molar-refractivity contribution in [1.29, 1.82) is 0 Å². The second-order valence-electron chi connectivity index (χ2n) is 7.36. The zero-order valence-corrected chi connectivity index (χ0v) is 16.4. The number of methoxy groups -OCH3 is 1. The van der Waals surface area contributed by atoms with Crippen LogP contribution in [0.1, 0.15) is 65.7 Å². The van der Waals surface area contributed by atoms with E-state index in [1.54, 1.807) is 25.7 Å². The normalized spacial score (nSPS) is 14.9. The van der Waals surface area contributed by atoms with E-state index in [4.69, 9.17) is 4.74 Å². The Labute approximate surface area is 154 Å². The van der Waals surface area contributed by atoms with Crippen molar-refractivity contribution >= 4 is 17.8 Å². The van der Waals surface area contributed by atoms with Crippen molar-refractivity contribution in [2.45, 2.75) is 59.5 Å². The molecular formula is C19H29N3O4. The largest absolute Gasteiger partial charge is 0.464 e. The standard InChI is InChI=1S/C19H29N3O4/c1-10(2)20-19(25)22(9-14-7-8-14)13(5)17(23)15-11(3)16(18(24)26-6)21-12(15)4/h10,13-14,21H,7-9H2,1-6H3,(H,20,25). The van der Waals surface area contributed by atoms with Crippen molar-refractivity contribution in [2.24, 2.45) is 5.92 Å². The second-order valence-corrected chi connectivity index (χ2v) is 7.36. The first-order valence-corrected chi connectivity index (χ1v) is 9.06. The van der Waals surface area contributed by atoms with E-state index in [-0.39, 0.29) is 23.6 Å². The Bertz CT molecular complexity index is 704. The van der Waals surface area contributed by atoms with Crippen LogP contribution >= 0.6 is 0 Å². The van der Waals surface area contributed by atoms with E-state index in [0.29, 0.717) is 29.3 Å². The van der Waals surface area contributed by atoms with Gasteiger partial charge in [0.15, 0.2) is 5.78 Å². The Morgan fingerprint density at radius 2 is 1.85 bits per heavy atom. The molecule has 26 heavy (non-hydrogen) atoms. The van der Waals surface area contributed by atoms with Crippen LogP contribution < -0.4 is 5.32 Å². The molecule has 1 aromatic heterocycles. The van der Waals surface area contributed by atoms with Gasteiger partial charge in [0.2, 0.25) is 0 Å². The van der Waals surface area contributed by atoms with Gasteiger partial charge in [0.1, 0.15) is 5.69 Å². The van der Waals surface area contributed by atoms with Gasteiger partial charge in [-0.05, 0) is 58.9 Å². The van der Waals surface area contributed by atoms with Crippen molar-refractivity contribution in [3.05, 3.63) is 22.5 Å². The lowest BCUT2D eigenvalue weighted by Gasteiger charge is -2.29. The van der Waals surface area contributed by atoms with Crippen molar-refractivity contribution in [2.75, 3.05) is 13.7 Å². The molecule has 7 nitrogen and oxygen atoms in total. The van der Waals surface area contributed by atoms with Crippen LogP contribution in [0.25, 0.3) is 0 Å². The zero-order chi connectivity index (χ0) is 19.6. The second kappa shape index (κ2) is 7.93. The Morgan fingerprint density at radius 1 is 1.23 bits per heavy atom. The fourth-order valence-corrected chi connectivity index (χ4v) is 3.10. The predicted molar refractivity (Wildman–Crippen MR) is 98.5 cm³/mol. The summed E-state index contributed by atoms with van der Waals surface area (Å²) in [5.41, 5.74) is 1.90. The number of H-pyrrole nitrogens is 1. The molecule has 1 aromatic rings. The number of nitrogens with zero attached hydrogens (tertiary/aromatic N) is 1. The number of aromatic amines is 1. The summed E-state index contributed by atoms with van der Waals surface area (Å²) in [7, 11) is 1.30. The summed E-state index contributed by atoms with van der Waals surface area (Å²) < 4.78 is 4.76. The summed E-state index contributed by atoms with van der Waals surface area (Å²) in [4.78, 5) is 42.2. The van der Waals surface area contributed by atoms with Crippen LogP contribution in [0.5, 0.6) is 0 Å². The summed E-state index contributed by atoms with van der Waals surface area (Å²) in [6.07, 6.45) is 2.17. The molecule has 144 valence electrons. The number of nitrogens with one attached hydrogen (secondary N) is 2. The molecule has 2 rings (SSSR count). The van der Waals surface area contributed by atoms with Gasteiger partial charge in [-0.3, -0.25) is 4.79 Å². The highest BCUT2D eigenvalue weighted by Crippen LogP contribution is 2.31. The smallest absolute Gasteiger partial charge is 0.354 e. The maximum Gasteiger partial charge on any atom is 0.354 e. The summed E-state index contributed by atoms with van der Waals surface area (Å²) >= 11 is 0. The number of aryl methyl sites for hydroxylation is 1. The Morgan fingerprint density at radius 3 is 2.35 bits per heavy atom. The van der Waals surface area contributed by atoms with E-state index in [0.717, 1.165) is 12.8 Å². The highest BCUT2D eigenvalue weighted by Gasteiger charge is 2.35. The van der Waals surface area contributed by atoms with Crippen molar-refractivity contribution in [3.8, 4) is 0 Å². The third-order valence-corrected chi connectivity index (χ3v) is 4.75. The molecule has 0 spiro atoms. The van der Waals surface area contributed by atoms with Crippen molar-refractivity contribution in [3.63, 3.8) is 0 Å². The summed E-state index contributed by atoms with van der Waals surface area (Å²) in [6, 6.07) is -0.854. The molecule has 1 heterocycles. The van der Waals surface area contributed by atoms with Crippen LogP contribution in [0.15, 0.2) is 0 Å². The molecule has 0 bridgehead atoms. The van der Waals surface area contributed by atoms with E-state index in [1.807, 2.05) is 13.8 Å². The minimum Gasteiger partial charge on any atom is -0.464 e. The van der Waals surface area contributed by atoms with Gasteiger partial charge in [0.05, 0.1) is 13.2 Å². The van der Waals surface area contributed by atoms with E-state index in [1.165, 1.54) is 7.11 Å². The number of Topliss-reactive ketones (excluding diaryl/α,β-unsaturated/α-hetero) is 1. The predicted octanol–water partition coefficient (Wildman–Crippen LogP) is 2.82. The number of esters is 1. The van der Waals surface area contributed by atoms with Crippen LogP contribution in [0, 0.1) is 19.8 Å². The Hall–Kier alpha value is -2.31. The zero-order valence-electron chi connectivity index (χ0n) is 16.4. The maximum absolute atomic E-state index is 13.2. The number of aromatic nitrogens is 1. The summed E-state index contributed by atoms with van der Waals surface area (Å²) in [6.45, 7) is 9.56. The number of urea groups is 1. The molecule has 0 saturated heterocycles. The quantitative estimate of drug-likeness (QED) is 0.576. The molecule has 0 aliphatic heterocycles. The summed E-state index contributed by atoms with van der Waals surface area (Å²) in [5, 5.41) is 2.88. The van der Waals surface area contributed by atoms with Crippen LogP contribution in [0.3, 0.4) is 0 Å². The Balaban J connectivity index is 2.29. The minimum atomic E-state index is -0.618. The molecule has 0 radical (unpaired) electrons. The molecule has 1 atom stereocenters. The number of ether oxygens (including phenoxy) is 1. The molecule has 2 N–H and O–H groups in total. The average molecular weight is 363 g/mol. The number of carbonyl (C=O) groups excluding carboxylic acids is 3. The highest BCUT2D eigenvalue weighted by molar-refractivity contribution is 6.06. The van der Waals surface area contributed by atoms with Gasteiger partial charge in [0, 0.05) is 23.8 Å². The molecule has 1 aliphatic rings. The molecule has 1 saturated carbocycles. The lowest BCUT2D eigenvalue weighted by Crippen LogP contribution is -2.50. The average Bonchev–Trinajstić information content (AvgIpc) is 3.34. The van der Waals surface area contributed by atoms with Crippen LogP contribution in [-0.4, -0.2) is 53.4 Å². The first-order chi connectivity index (χ1) is 12.2. The lowest BCUT2D eigenvalue weighted by atomic mass is 10.00. The van der Waals surface area contributed by atoms with E-state index in [9.17, 15) is 14.4 Å². The number of carbonyl (C=O) groups is 3. The Kier molecular flexibility index (Phi) is 6.10. The monoisotopic (exact) mass is 363 g/mol. The SMILES string of the molecule is COC(=O)c1[nH]c(C)c(C(=O)C(C)N(CC2CC2)C(=O)NC(C)C)c1C. The molecule has 0 aromatic carbocycles. The maximum atomic E-state index is 13.2. The topological polar surface area (TPSA) is 91.5 Å².